The van der Waals surface area contributed by atoms with Gasteiger partial charge in [0.15, 0.2) is 0 Å². The van der Waals surface area contributed by atoms with Crippen LogP contribution in [0, 0.1) is 20.8 Å². The topological polar surface area (TPSA) is 9.23 Å². The fourth-order valence-corrected chi connectivity index (χ4v) is 1.71. The van der Waals surface area contributed by atoms with Gasteiger partial charge in [0.1, 0.15) is 5.75 Å². The SMILES string of the molecule is Cc1cc(C)c(OC2CC2)c(C)c1. The summed E-state index contributed by atoms with van der Waals surface area (Å²) in [6, 6.07) is 4.37. The molecule has 2 rings (SSSR count). The van der Waals surface area contributed by atoms with Crippen LogP contribution in [0.2, 0.25) is 0 Å². The van der Waals surface area contributed by atoms with Crippen LogP contribution >= 0.6 is 0 Å². The Balaban J connectivity index is 2.31. The fraction of sp³-hybridized carbons (Fsp3) is 0.500. The first-order chi connectivity index (χ1) is 6.16. The molecule has 0 heterocycles. The lowest BCUT2D eigenvalue weighted by Crippen LogP contribution is -2.00. The zero-order valence-electron chi connectivity index (χ0n) is 8.55. The molecule has 0 spiro atoms. The minimum Gasteiger partial charge on any atom is -0.490 e. The molecular formula is C12H16O. The van der Waals surface area contributed by atoms with Gasteiger partial charge in [0, 0.05) is 0 Å². The molecule has 1 aliphatic rings. The molecule has 13 heavy (non-hydrogen) atoms. The van der Waals surface area contributed by atoms with Gasteiger partial charge in [0.05, 0.1) is 6.10 Å². The van der Waals surface area contributed by atoms with Crippen molar-refractivity contribution in [2.24, 2.45) is 0 Å². The van der Waals surface area contributed by atoms with E-state index in [1.165, 1.54) is 29.5 Å². The lowest BCUT2D eigenvalue weighted by molar-refractivity contribution is 0.299. The summed E-state index contributed by atoms with van der Waals surface area (Å²) in [6.07, 6.45) is 2.96. The van der Waals surface area contributed by atoms with Gasteiger partial charge in [-0.15, -0.1) is 0 Å². The quantitative estimate of drug-likeness (QED) is 0.672. The van der Waals surface area contributed by atoms with Crippen molar-refractivity contribution in [1.29, 1.82) is 0 Å². The summed E-state index contributed by atoms with van der Waals surface area (Å²) in [6.45, 7) is 6.37. The van der Waals surface area contributed by atoms with E-state index < -0.39 is 0 Å². The summed E-state index contributed by atoms with van der Waals surface area (Å²) in [5, 5.41) is 0. The van der Waals surface area contributed by atoms with Gasteiger partial charge < -0.3 is 4.74 Å². The number of hydrogen-bond acceptors (Lipinski definition) is 1. The van der Waals surface area contributed by atoms with Crippen molar-refractivity contribution in [3.05, 3.63) is 28.8 Å². The lowest BCUT2D eigenvalue weighted by atomic mass is 10.1. The third-order valence-corrected chi connectivity index (χ3v) is 2.41. The Morgan fingerprint density at radius 2 is 1.62 bits per heavy atom. The highest BCUT2D eigenvalue weighted by Gasteiger charge is 2.24. The first-order valence-corrected chi connectivity index (χ1v) is 4.91. The van der Waals surface area contributed by atoms with Gasteiger partial charge in [-0.3, -0.25) is 0 Å². The van der Waals surface area contributed by atoms with Crippen LogP contribution in [0.1, 0.15) is 29.5 Å². The molecule has 0 radical (unpaired) electrons. The predicted molar refractivity (Wildman–Crippen MR) is 54.3 cm³/mol. The molecule has 1 aliphatic carbocycles. The third-order valence-electron chi connectivity index (χ3n) is 2.41. The van der Waals surface area contributed by atoms with Crippen LogP contribution < -0.4 is 4.74 Å². The monoisotopic (exact) mass is 176 g/mol. The largest absolute Gasteiger partial charge is 0.490 e. The van der Waals surface area contributed by atoms with E-state index in [-0.39, 0.29) is 0 Å². The molecule has 1 fully saturated rings. The fourth-order valence-electron chi connectivity index (χ4n) is 1.71. The molecule has 1 heteroatoms. The van der Waals surface area contributed by atoms with Crippen molar-refractivity contribution in [3.63, 3.8) is 0 Å². The van der Waals surface area contributed by atoms with Gasteiger partial charge in [-0.25, -0.2) is 0 Å². The second-order valence-electron chi connectivity index (χ2n) is 4.05. The average Bonchev–Trinajstić information content (AvgIpc) is 2.79. The van der Waals surface area contributed by atoms with Crippen molar-refractivity contribution in [2.75, 3.05) is 0 Å². The van der Waals surface area contributed by atoms with Gasteiger partial charge in [-0.05, 0) is 44.7 Å². The number of ether oxygens (including phenoxy) is 1. The van der Waals surface area contributed by atoms with Crippen LogP contribution in [-0.2, 0) is 0 Å². The lowest BCUT2D eigenvalue weighted by Gasteiger charge is -2.12. The number of hydrogen-bond donors (Lipinski definition) is 0. The Labute approximate surface area is 79.7 Å². The van der Waals surface area contributed by atoms with E-state index in [0.29, 0.717) is 6.10 Å². The van der Waals surface area contributed by atoms with E-state index in [4.69, 9.17) is 4.74 Å². The van der Waals surface area contributed by atoms with Gasteiger partial charge >= 0.3 is 0 Å². The van der Waals surface area contributed by atoms with Crippen LogP contribution in [-0.4, -0.2) is 6.10 Å². The van der Waals surface area contributed by atoms with Gasteiger partial charge in [-0.2, -0.15) is 0 Å². The number of benzene rings is 1. The van der Waals surface area contributed by atoms with Crippen molar-refractivity contribution in [1.82, 2.24) is 0 Å². The Bertz CT molecular complexity index is 301. The summed E-state index contributed by atoms with van der Waals surface area (Å²) in [5.74, 6) is 1.10. The van der Waals surface area contributed by atoms with Crippen LogP contribution in [0.5, 0.6) is 5.75 Å². The van der Waals surface area contributed by atoms with Gasteiger partial charge in [0.25, 0.3) is 0 Å². The first kappa shape index (κ1) is 8.61. The smallest absolute Gasteiger partial charge is 0.125 e. The Hall–Kier alpha value is -0.980. The second kappa shape index (κ2) is 3.06. The summed E-state index contributed by atoms with van der Waals surface area (Å²) in [5.41, 5.74) is 3.85. The van der Waals surface area contributed by atoms with Crippen molar-refractivity contribution < 1.29 is 4.74 Å². The molecule has 0 N–H and O–H groups in total. The van der Waals surface area contributed by atoms with Crippen LogP contribution in [0.15, 0.2) is 12.1 Å². The minimum atomic E-state index is 0.500. The van der Waals surface area contributed by atoms with Crippen molar-refractivity contribution in [2.45, 2.75) is 39.7 Å². The maximum atomic E-state index is 5.84. The van der Waals surface area contributed by atoms with E-state index in [0.717, 1.165) is 5.75 Å². The van der Waals surface area contributed by atoms with Crippen LogP contribution in [0.4, 0.5) is 0 Å². The summed E-state index contributed by atoms with van der Waals surface area (Å²) >= 11 is 0. The zero-order chi connectivity index (χ0) is 9.42. The molecule has 70 valence electrons. The third kappa shape index (κ3) is 1.85. The maximum Gasteiger partial charge on any atom is 0.125 e. The van der Waals surface area contributed by atoms with Gasteiger partial charge in [-0.1, -0.05) is 17.7 Å². The minimum absolute atomic E-state index is 0.500. The molecule has 1 nitrogen and oxygen atoms in total. The van der Waals surface area contributed by atoms with Crippen LogP contribution in [0.25, 0.3) is 0 Å². The molecular weight excluding hydrogens is 160 g/mol. The van der Waals surface area contributed by atoms with E-state index in [1.54, 1.807) is 0 Å². The summed E-state index contributed by atoms with van der Waals surface area (Å²) < 4.78 is 5.84. The molecule has 0 aliphatic heterocycles. The van der Waals surface area contributed by atoms with E-state index in [1.807, 2.05) is 0 Å². The molecule has 0 bridgehead atoms. The van der Waals surface area contributed by atoms with E-state index >= 15 is 0 Å². The molecule has 1 aromatic rings. The summed E-state index contributed by atoms with van der Waals surface area (Å²) in [4.78, 5) is 0. The average molecular weight is 176 g/mol. The van der Waals surface area contributed by atoms with Gasteiger partial charge in [0.2, 0.25) is 0 Å². The predicted octanol–water partition coefficient (Wildman–Crippen LogP) is 3.15. The molecule has 0 atom stereocenters. The Morgan fingerprint density at radius 1 is 1.08 bits per heavy atom. The summed E-state index contributed by atoms with van der Waals surface area (Å²) in [7, 11) is 0. The Kier molecular flexibility index (Phi) is 2.03. The standard InChI is InChI=1S/C12H16O/c1-8-6-9(2)12(10(3)7-8)13-11-4-5-11/h6-7,11H,4-5H2,1-3H3. The molecule has 0 amide bonds. The molecule has 0 aromatic heterocycles. The number of aryl methyl sites for hydroxylation is 3. The Morgan fingerprint density at radius 3 is 2.08 bits per heavy atom. The zero-order valence-corrected chi connectivity index (χ0v) is 8.55. The highest BCUT2D eigenvalue weighted by atomic mass is 16.5. The van der Waals surface area contributed by atoms with Crippen molar-refractivity contribution >= 4 is 0 Å². The normalized spacial score (nSPS) is 15.9. The van der Waals surface area contributed by atoms with E-state index in [2.05, 4.69) is 32.9 Å². The molecule has 0 unspecified atom stereocenters. The van der Waals surface area contributed by atoms with Crippen molar-refractivity contribution in [3.8, 4) is 5.75 Å². The maximum absolute atomic E-state index is 5.84. The number of rotatable bonds is 2. The van der Waals surface area contributed by atoms with E-state index in [9.17, 15) is 0 Å². The van der Waals surface area contributed by atoms with Crippen LogP contribution in [0.3, 0.4) is 0 Å². The first-order valence-electron chi connectivity index (χ1n) is 4.91. The molecule has 1 saturated carbocycles. The highest BCUT2D eigenvalue weighted by molar-refractivity contribution is 5.43. The molecule has 0 saturated heterocycles. The highest BCUT2D eigenvalue weighted by Crippen LogP contribution is 2.31. The second-order valence-corrected chi connectivity index (χ2v) is 4.05. The molecule has 1 aromatic carbocycles.